The van der Waals surface area contributed by atoms with E-state index in [9.17, 15) is 9.90 Å². The first kappa shape index (κ1) is 13.4. The van der Waals surface area contributed by atoms with Gasteiger partial charge in [0.1, 0.15) is 11.3 Å². The Morgan fingerprint density at radius 1 is 1.29 bits per heavy atom. The number of benzene rings is 1. The molecule has 0 aliphatic heterocycles. The lowest BCUT2D eigenvalue weighted by Crippen LogP contribution is -2.04. The summed E-state index contributed by atoms with van der Waals surface area (Å²) in [6.07, 6.45) is 1.85. The minimum atomic E-state index is -0.971. The number of carboxylic acid groups (broad SMARTS) is 1. The molecule has 2 heterocycles. The Morgan fingerprint density at radius 3 is 2.62 bits per heavy atom. The summed E-state index contributed by atoms with van der Waals surface area (Å²) in [5.74, 6) is 0.728. The molecule has 0 amide bonds. The van der Waals surface area contributed by atoms with Crippen LogP contribution in [0.5, 0.6) is 0 Å². The van der Waals surface area contributed by atoms with Gasteiger partial charge >= 0.3 is 5.97 Å². The Balaban J connectivity index is 2.38. The van der Waals surface area contributed by atoms with Crippen molar-refractivity contribution in [2.45, 2.75) is 19.8 Å². The van der Waals surface area contributed by atoms with Gasteiger partial charge in [-0.05, 0) is 12.1 Å². The van der Waals surface area contributed by atoms with Gasteiger partial charge in [0.05, 0.1) is 11.1 Å². The summed E-state index contributed by atoms with van der Waals surface area (Å²) < 4.78 is 3.64. The van der Waals surface area contributed by atoms with Gasteiger partial charge in [0.15, 0.2) is 5.82 Å². The summed E-state index contributed by atoms with van der Waals surface area (Å²) in [5, 5.41) is 13.7. The number of aromatic carboxylic acids is 1. The topological polar surface area (TPSA) is 72.9 Å². The van der Waals surface area contributed by atoms with Crippen LogP contribution in [0.4, 0.5) is 0 Å². The lowest BCUT2D eigenvalue weighted by atomic mass is 10.2. The standard InChI is InChI=1S/C15H16N4O2/c1-9(2)14-16-13-10(15(20)21)5-4-6-11(13)19(14)12-7-8-18(3)17-12/h4-9H,1-3H3,(H,20,21). The van der Waals surface area contributed by atoms with Gasteiger partial charge in [-0.2, -0.15) is 5.10 Å². The van der Waals surface area contributed by atoms with E-state index in [2.05, 4.69) is 10.1 Å². The molecule has 0 aliphatic rings. The quantitative estimate of drug-likeness (QED) is 0.802. The second-order valence-electron chi connectivity index (χ2n) is 5.29. The number of rotatable bonds is 3. The molecule has 21 heavy (non-hydrogen) atoms. The molecule has 0 radical (unpaired) electrons. The van der Waals surface area contributed by atoms with Crippen LogP contribution in [0.15, 0.2) is 30.5 Å². The fourth-order valence-corrected chi connectivity index (χ4v) is 2.44. The molecule has 0 atom stereocenters. The first-order chi connectivity index (χ1) is 9.99. The molecule has 6 nitrogen and oxygen atoms in total. The largest absolute Gasteiger partial charge is 0.478 e. The molecule has 3 aromatic rings. The number of carbonyl (C=O) groups is 1. The molecule has 1 aromatic carbocycles. The number of aryl methyl sites for hydroxylation is 1. The monoisotopic (exact) mass is 284 g/mol. The molecule has 0 spiro atoms. The third-order valence-electron chi connectivity index (χ3n) is 3.39. The molecule has 0 aliphatic carbocycles. The van der Waals surface area contributed by atoms with Crippen LogP contribution in [0.1, 0.15) is 35.9 Å². The number of hydrogen-bond donors (Lipinski definition) is 1. The van der Waals surface area contributed by atoms with Crippen molar-refractivity contribution in [2.75, 3.05) is 0 Å². The smallest absolute Gasteiger partial charge is 0.337 e. The number of fused-ring (bicyclic) bond motifs is 1. The van der Waals surface area contributed by atoms with Gasteiger partial charge in [0.2, 0.25) is 0 Å². The zero-order valence-corrected chi connectivity index (χ0v) is 12.1. The van der Waals surface area contributed by atoms with Crippen molar-refractivity contribution >= 4 is 17.0 Å². The van der Waals surface area contributed by atoms with E-state index >= 15 is 0 Å². The lowest BCUT2D eigenvalue weighted by molar-refractivity contribution is 0.0699. The second kappa shape index (κ2) is 4.73. The minimum Gasteiger partial charge on any atom is -0.478 e. The van der Waals surface area contributed by atoms with Gasteiger partial charge < -0.3 is 5.11 Å². The van der Waals surface area contributed by atoms with Crippen LogP contribution in [0, 0.1) is 0 Å². The number of nitrogens with zero attached hydrogens (tertiary/aromatic N) is 4. The van der Waals surface area contributed by atoms with Crippen molar-refractivity contribution in [3.8, 4) is 5.82 Å². The van der Waals surface area contributed by atoms with Crippen molar-refractivity contribution in [3.05, 3.63) is 41.9 Å². The Bertz CT molecular complexity index is 829. The molecule has 0 saturated heterocycles. The van der Waals surface area contributed by atoms with Gasteiger partial charge in [-0.1, -0.05) is 19.9 Å². The van der Waals surface area contributed by atoms with E-state index in [4.69, 9.17) is 0 Å². The normalized spacial score (nSPS) is 11.4. The number of imidazole rings is 1. The summed E-state index contributed by atoms with van der Waals surface area (Å²) in [5.41, 5.74) is 1.47. The van der Waals surface area contributed by atoms with Crippen LogP contribution in [-0.2, 0) is 7.05 Å². The molecule has 0 saturated carbocycles. The SMILES string of the molecule is CC(C)c1nc2c(C(=O)O)cccc2n1-c1ccn(C)n1. The van der Waals surface area contributed by atoms with Crippen LogP contribution in [0.3, 0.4) is 0 Å². The number of aromatic nitrogens is 4. The van der Waals surface area contributed by atoms with Crippen molar-refractivity contribution in [1.82, 2.24) is 19.3 Å². The van der Waals surface area contributed by atoms with Crippen LogP contribution in [0.2, 0.25) is 0 Å². The Kier molecular flexibility index (Phi) is 3.01. The van der Waals surface area contributed by atoms with E-state index in [-0.39, 0.29) is 11.5 Å². The summed E-state index contributed by atoms with van der Waals surface area (Å²) in [6, 6.07) is 7.07. The van der Waals surface area contributed by atoms with E-state index in [1.54, 1.807) is 16.8 Å². The third-order valence-corrected chi connectivity index (χ3v) is 3.39. The van der Waals surface area contributed by atoms with Gasteiger partial charge in [-0.3, -0.25) is 9.25 Å². The van der Waals surface area contributed by atoms with Crippen molar-refractivity contribution < 1.29 is 9.90 Å². The van der Waals surface area contributed by atoms with Crippen LogP contribution in [0.25, 0.3) is 16.9 Å². The van der Waals surface area contributed by atoms with Gasteiger partial charge in [-0.25, -0.2) is 9.78 Å². The summed E-state index contributed by atoms with van der Waals surface area (Å²) in [4.78, 5) is 15.9. The minimum absolute atomic E-state index is 0.154. The Hall–Kier alpha value is -2.63. The van der Waals surface area contributed by atoms with Crippen LogP contribution < -0.4 is 0 Å². The third kappa shape index (κ3) is 2.08. The summed E-state index contributed by atoms with van der Waals surface area (Å²) in [7, 11) is 1.85. The fraction of sp³-hybridized carbons (Fsp3) is 0.267. The highest BCUT2D eigenvalue weighted by Gasteiger charge is 2.20. The molecular formula is C15H16N4O2. The fourth-order valence-electron chi connectivity index (χ4n) is 2.44. The molecule has 0 fully saturated rings. The molecule has 0 bridgehead atoms. The highest BCUT2D eigenvalue weighted by atomic mass is 16.4. The van der Waals surface area contributed by atoms with E-state index in [0.29, 0.717) is 5.52 Å². The average molecular weight is 284 g/mol. The van der Waals surface area contributed by atoms with Crippen molar-refractivity contribution in [2.24, 2.45) is 7.05 Å². The molecule has 108 valence electrons. The molecule has 0 unspecified atom stereocenters. The first-order valence-corrected chi connectivity index (χ1v) is 6.73. The molecule has 2 aromatic heterocycles. The van der Waals surface area contributed by atoms with E-state index < -0.39 is 5.97 Å². The Labute approximate surface area is 121 Å². The highest BCUT2D eigenvalue weighted by Crippen LogP contribution is 2.27. The average Bonchev–Trinajstić information content (AvgIpc) is 3.00. The molecule has 3 rings (SSSR count). The second-order valence-corrected chi connectivity index (χ2v) is 5.29. The van der Waals surface area contributed by atoms with Gasteiger partial charge in [0.25, 0.3) is 0 Å². The van der Waals surface area contributed by atoms with Crippen LogP contribution in [-0.4, -0.2) is 30.4 Å². The number of hydrogen-bond acceptors (Lipinski definition) is 3. The van der Waals surface area contributed by atoms with Gasteiger partial charge in [-0.15, -0.1) is 0 Å². The van der Waals surface area contributed by atoms with Crippen molar-refractivity contribution in [1.29, 1.82) is 0 Å². The molecule has 6 heteroatoms. The maximum absolute atomic E-state index is 11.4. The van der Waals surface area contributed by atoms with E-state index in [0.717, 1.165) is 17.2 Å². The maximum Gasteiger partial charge on any atom is 0.337 e. The van der Waals surface area contributed by atoms with E-state index in [1.807, 2.05) is 43.8 Å². The van der Waals surface area contributed by atoms with Gasteiger partial charge in [0, 0.05) is 25.2 Å². The number of carboxylic acids is 1. The summed E-state index contributed by atoms with van der Waals surface area (Å²) in [6.45, 7) is 4.06. The molecular weight excluding hydrogens is 268 g/mol. The summed E-state index contributed by atoms with van der Waals surface area (Å²) >= 11 is 0. The Morgan fingerprint density at radius 2 is 2.05 bits per heavy atom. The molecule has 1 N–H and O–H groups in total. The first-order valence-electron chi connectivity index (χ1n) is 6.73. The number of para-hydroxylation sites is 1. The zero-order valence-electron chi connectivity index (χ0n) is 12.1. The predicted molar refractivity (Wildman–Crippen MR) is 78.9 cm³/mol. The predicted octanol–water partition coefficient (Wildman–Crippen LogP) is 2.58. The van der Waals surface area contributed by atoms with E-state index in [1.165, 1.54) is 0 Å². The highest BCUT2D eigenvalue weighted by molar-refractivity contribution is 6.01. The zero-order chi connectivity index (χ0) is 15.1. The van der Waals surface area contributed by atoms with Crippen molar-refractivity contribution in [3.63, 3.8) is 0 Å². The van der Waals surface area contributed by atoms with Crippen LogP contribution >= 0.6 is 0 Å². The maximum atomic E-state index is 11.4. The lowest BCUT2D eigenvalue weighted by Gasteiger charge is -2.08.